The molecule has 0 aliphatic heterocycles. The Bertz CT molecular complexity index is 1410. The molecule has 0 radical (unpaired) electrons. The van der Waals surface area contributed by atoms with Crippen molar-refractivity contribution in [2.24, 2.45) is 0 Å². The molecule has 4 aromatic rings. The normalized spacial score (nSPS) is 12.1. The van der Waals surface area contributed by atoms with Gasteiger partial charge in [0, 0.05) is 5.54 Å². The van der Waals surface area contributed by atoms with Crippen LogP contribution in [0.2, 0.25) is 0 Å². The predicted molar refractivity (Wildman–Crippen MR) is 146 cm³/mol. The van der Waals surface area contributed by atoms with E-state index in [1.165, 1.54) is 16.7 Å². The number of carbonyl (C=O) groups is 2. The molecule has 0 saturated heterocycles. The smallest absolute Gasteiger partial charge is 0.249 e. The number of amides is 2. The molecule has 0 saturated carbocycles. The summed E-state index contributed by atoms with van der Waals surface area (Å²) in [4.78, 5) is 29.5. The second kappa shape index (κ2) is 11.3. The molecule has 0 aliphatic rings. The molecule has 198 valence electrons. The first-order valence-corrected chi connectivity index (χ1v) is 12.5. The highest BCUT2D eigenvalue weighted by molar-refractivity contribution is 6.02. The molecule has 1 atom stereocenters. The summed E-state index contributed by atoms with van der Waals surface area (Å²) in [5.41, 5.74) is 1.96. The molecule has 0 spiro atoms. The number of hydrogen-bond acceptors (Lipinski definition) is 6. The topological polar surface area (TPSA) is 98.6 Å². The van der Waals surface area contributed by atoms with Crippen LogP contribution < -0.4 is 19.7 Å². The fraction of sp³-hybridized carbons (Fsp3) is 0.310. The van der Waals surface area contributed by atoms with Crippen molar-refractivity contribution in [3.05, 3.63) is 78.4 Å². The maximum absolute atomic E-state index is 14.2. The molecule has 1 aromatic heterocycles. The van der Waals surface area contributed by atoms with Crippen molar-refractivity contribution in [2.75, 3.05) is 18.6 Å². The lowest BCUT2D eigenvalue weighted by Crippen LogP contribution is -2.50. The van der Waals surface area contributed by atoms with Crippen molar-refractivity contribution in [2.45, 2.75) is 45.8 Å². The van der Waals surface area contributed by atoms with Crippen LogP contribution in [0.15, 0.2) is 72.8 Å². The molecule has 0 bridgehead atoms. The number of benzene rings is 3. The van der Waals surface area contributed by atoms with Crippen molar-refractivity contribution in [3.63, 3.8) is 0 Å². The third kappa shape index (κ3) is 5.94. The van der Waals surface area contributed by atoms with E-state index in [2.05, 4.69) is 15.6 Å². The zero-order chi connectivity index (χ0) is 27.3. The molecule has 9 heteroatoms. The molecule has 0 aliphatic carbocycles. The Labute approximate surface area is 222 Å². The Hall–Kier alpha value is -4.40. The lowest BCUT2D eigenvalue weighted by Gasteiger charge is -2.34. The van der Waals surface area contributed by atoms with Gasteiger partial charge in [-0.2, -0.15) is 0 Å². The molecule has 38 heavy (non-hydrogen) atoms. The number of methoxy groups -OCH3 is 1. The van der Waals surface area contributed by atoms with Crippen molar-refractivity contribution in [3.8, 4) is 11.5 Å². The van der Waals surface area contributed by atoms with E-state index in [9.17, 15) is 9.59 Å². The van der Waals surface area contributed by atoms with Crippen molar-refractivity contribution in [1.82, 2.24) is 20.3 Å². The molecular formula is C29H33N5O4. The molecule has 0 unspecified atom stereocenters. The number of hydrogen-bond donors (Lipinski definition) is 1. The Morgan fingerprint density at radius 2 is 1.68 bits per heavy atom. The highest BCUT2D eigenvalue weighted by atomic mass is 16.5. The Kier molecular flexibility index (Phi) is 7.95. The number of nitrogens with one attached hydrogen (secondary N) is 1. The van der Waals surface area contributed by atoms with Gasteiger partial charge in [-0.3, -0.25) is 14.5 Å². The lowest BCUT2D eigenvalue weighted by atomic mass is 10.0. The Morgan fingerprint density at radius 3 is 2.37 bits per heavy atom. The van der Waals surface area contributed by atoms with E-state index >= 15 is 0 Å². The minimum Gasteiger partial charge on any atom is -0.495 e. The largest absolute Gasteiger partial charge is 0.495 e. The zero-order valence-electron chi connectivity index (χ0n) is 22.3. The summed E-state index contributed by atoms with van der Waals surface area (Å²) in [7, 11) is 1.54. The summed E-state index contributed by atoms with van der Waals surface area (Å²) in [6.45, 7) is 7.99. The summed E-state index contributed by atoms with van der Waals surface area (Å²) >= 11 is 0. The first kappa shape index (κ1) is 26.7. The quantitative estimate of drug-likeness (QED) is 0.352. The fourth-order valence-corrected chi connectivity index (χ4v) is 4.25. The predicted octanol–water partition coefficient (Wildman–Crippen LogP) is 4.53. The van der Waals surface area contributed by atoms with Gasteiger partial charge in [-0.05, 0) is 69.7 Å². The third-order valence-corrected chi connectivity index (χ3v) is 5.83. The van der Waals surface area contributed by atoms with Crippen LogP contribution in [0.1, 0.15) is 39.3 Å². The SMILES string of the molecule is CCOc1ccc([C@@H](C(=O)NC(C)(C)C)N(C(=O)Cn2nnc3ccccc32)c2ccccc2OC)cc1. The summed E-state index contributed by atoms with van der Waals surface area (Å²) in [5.74, 6) is 0.455. The van der Waals surface area contributed by atoms with Gasteiger partial charge in [-0.1, -0.05) is 41.6 Å². The molecule has 1 N–H and O–H groups in total. The molecule has 1 heterocycles. The van der Waals surface area contributed by atoms with Gasteiger partial charge in [0.1, 0.15) is 29.6 Å². The molecular weight excluding hydrogens is 482 g/mol. The number of aromatic nitrogens is 3. The van der Waals surface area contributed by atoms with Gasteiger partial charge in [0.15, 0.2) is 0 Å². The molecule has 0 fully saturated rings. The molecule has 9 nitrogen and oxygen atoms in total. The summed E-state index contributed by atoms with van der Waals surface area (Å²) in [5, 5.41) is 11.4. The van der Waals surface area contributed by atoms with Crippen LogP contribution in [0.4, 0.5) is 5.69 Å². The highest BCUT2D eigenvalue weighted by Gasteiger charge is 2.36. The maximum Gasteiger partial charge on any atom is 0.249 e. The zero-order valence-corrected chi connectivity index (χ0v) is 22.3. The van der Waals surface area contributed by atoms with Gasteiger partial charge >= 0.3 is 0 Å². The van der Waals surface area contributed by atoms with Crippen LogP contribution in [-0.4, -0.2) is 46.1 Å². The lowest BCUT2D eigenvalue weighted by molar-refractivity contribution is -0.128. The Morgan fingerprint density at radius 1 is 1.00 bits per heavy atom. The van der Waals surface area contributed by atoms with Crippen molar-refractivity contribution < 1.29 is 19.1 Å². The first-order chi connectivity index (χ1) is 18.2. The third-order valence-electron chi connectivity index (χ3n) is 5.83. The summed E-state index contributed by atoms with van der Waals surface area (Å²) < 4.78 is 12.8. The van der Waals surface area contributed by atoms with E-state index in [-0.39, 0.29) is 18.4 Å². The monoisotopic (exact) mass is 515 g/mol. The second-order valence-corrected chi connectivity index (χ2v) is 9.82. The van der Waals surface area contributed by atoms with Crippen LogP contribution >= 0.6 is 0 Å². The standard InChI is InChI=1S/C29H33N5O4/c1-6-38-21-17-15-20(16-18-21)27(28(36)30-29(2,3)4)34(24-13-9-10-14-25(24)37-5)26(35)19-33-23-12-8-7-11-22(23)31-32-33/h7-18,27H,6,19H2,1-5H3,(H,30,36)/t27-/m0/s1. The number of anilines is 1. The van der Waals surface area contributed by atoms with Gasteiger partial charge in [0.05, 0.1) is 24.9 Å². The molecule has 2 amide bonds. The van der Waals surface area contributed by atoms with E-state index in [1.807, 2.05) is 58.0 Å². The maximum atomic E-state index is 14.2. The van der Waals surface area contributed by atoms with E-state index in [4.69, 9.17) is 9.47 Å². The van der Waals surface area contributed by atoms with Crippen molar-refractivity contribution in [1.29, 1.82) is 0 Å². The van der Waals surface area contributed by atoms with E-state index in [1.54, 1.807) is 42.5 Å². The Balaban J connectivity index is 1.84. The van der Waals surface area contributed by atoms with E-state index in [0.29, 0.717) is 34.9 Å². The average molecular weight is 516 g/mol. The van der Waals surface area contributed by atoms with Gasteiger partial charge < -0.3 is 14.8 Å². The van der Waals surface area contributed by atoms with E-state index in [0.717, 1.165) is 5.52 Å². The van der Waals surface area contributed by atoms with Gasteiger partial charge in [-0.25, -0.2) is 4.68 Å². The number of fused-ring (bicyclic) bond motifs is 1. The number of ether oxygens (including phenoxy) is 2. The summed E-state index contributed by atoms with van der Waals surface area (Å²) in [6.07, 6.45) is 0. The van der Waals surface area contributed by atoms with Crippen LogP contribution in [0.5, 0.6) is 11.5 Å². The van der Waals surface area contributed by atoms with Crippen LogP contribution in [0, 0.1) is 0 Å². The number of carbonyl (C=O) groups excluding carboxylic acids is 2. The van der Waals surface area contributed by atoms with Gasteiger partial charge in [-0.15, -0.1) is 5.10 Å². The second-order valence-electron chi connectivity index (χ2n) is 9.82. The van der Waals surface area contributed by atoms with Gasteiger partial charge in [0.2, 0.25) is 11.8 Å². The van der Waals surface area contributed by atoms with Gasteiger partial charge in [0.25, 0.3) is 0 Å². The minimum absolute atomic E-state index is 0.130. The van der Waals surface area contributed by atoms with Crippen LogP contribution in [0.25, 0.3) is 11.0 Å². The number of nitrogens with zero attached hydrogens (tertiary/aromatic N) is 4. The number of para-hydroxylation sites is 3. The van der Waals surface area contributed by atoms with Crippen LogP contribution in [-0.2, 0) is 16.1 Å². The van der Waals surface area contributed by atoms with E-state index < -0.39 is 11.6 Å². The molecule has 3 aromatic carbocycles. The summed E-state index contributed by atoms with van der Waals surface area (Å²) in [6, 6.07) is 20.8. The number of rotatable bonds is 9. The molecule has 4 rings (SSSR count). The first-order valence-electron chi connectivity index (χ1n) is 12.5. The average Bonchev–Trinajstić information content (AvgIpc) is 3.29. The highest BCUT2D eigenvalue weighted by Crippen LogP contribution is 2.36. The van der Waals surface area contributed by atoms with Crippen LogP contribution in [0.3, 0.4) is 0 Å². The minimum atomic E-state index is -0.997. The van der Waals surface area contributed by atoms with Crippen molar-refractivity contribution >= 4 is 28.5 Å². The fourth-order valence-electron chi connectivity index (χ4n) is 4.25.